The average Bonchev–Trinajstić information content (AvgIpc) is 3.50. The van der Waals surface area contributed by atoms with E-state index in [0.717, 1.165) is 0 Å². The summed E-state index contributed by atoms with van der Waals surface area (Å²) < 4.78 is 38.5. The molecule has 13 nitrogen and oxygen atoms in total. The van der Waals surface area contributed by atoms with E-state index in [-0.39, 0.29) is 24.6 Å². The number of nitrogen functional groups attached to an aromatic ring is 1. The average molecular weight is 572 g/mol. The molecule has 1 saturated heterocycles. The maximum atomic E-state index is 13.8. The van der Waals surface area contributed by atoms with Gasteiger partial charge in [0, 0.05) is 14.1 Å². The lowest BCUT2D eigenvalue weighted by Gasteiger charge is -2.24. The number of anilines is 2. The number of carbonyl (C=O) groups excluding carboxylic acids is 1. The van der Waals surface area contributed by atoms with E-state index < -0.39 is 32.1 Å². The van der Waals surface area contributed by atoms with Crippen LogP contribution in [0.15, 0.2) is 36.7 Å². The van der Waals surface area contributed by atoms with Crippen LogP contribution in [0.4, 0.5) is 11.8 Å². The Morgan fingerprint density at radius 2 is 2.02 bits per heavy atom. The summed E-state index contributed by atoms with van der Waals surface area (Å²) in [7, 11) is -0.402. The van der Waals surface area contributed by atoms with Crippen molar-refractivity contribution in [2.75, 3.05) is 31.3 Å². The number of carbonyl (C=O) groups is 1. The van der Waals surface area contributed by atoms with Crippen LogP contribution in [0.1, 0.15) is 33.4 Å². The normalized spacial score (nSPS) is 21.1. The summed E-state index contributed by atoms with van der Waals surface area (Å²) in [5.74, 6) is 2.75. The number of nitrogens with two attached hydrogens (primary N) is 1. The lowest BCUT2D eigenvalue weighted by Crippen LogP contribution is -2.36. The number of imidazole rings is 1. The van der Waals surface area contributed by atoms with E-state index in [1.807, 2.05) is 14.1 Å². The summed E-state index contributed by atoms with van der Waals surface area (Å²) in [6, 6.07) is 7.54. The van der Waals surface area contributed by atoms with Gasteiger partial charge in [0.15, 0.2) is 23.2 Å². The zero-order valence-electron chi connectivity index (χ0n) is 23.1. The summed E-state index contributed by atoms with van der Waals surface area (Å²) >= 11 is 0. The minimum atomic E-state index is -4.06. The predicted octanol–water partition coefficient (Wildman–Crippen LogP) is 3.14. The van der Waals surface area contributed by atoms with Gasteiger partial charge in [0.1, 0.15) is 11.8 Å². The Hall–Kier alpha value is -3.69. The highest BCUT2D eigenvalue weighted by atomic mass is 31.2. The van der Waals surface area contributed by atoms with Crippen LogP contribution in [0.2, 0.25) is 0 Å². The SMILES string of the molecule is C#C[C@H]1C[C@@H](CO[P@@](=O)(N[C@@H](C)C(=O)OC(C)C)Oc2ccccc2)O[C@H]1n1cnc2c(N(C)C)nc(N)nc21. The Morgan fingerprint density at radius 3 is 2.67 bits per heavy atom. The van der Waals surface area contributed by atoms with Crippen molar-refractivity contribution in [2.45, 2.75) is 51.7 Å². The number of ether oxygens (including phenoxy) is 2. The molecule has 5 atom stereocenters. The molecule has 4 rings (SSSR count). The largest absolute Gasteiger partial charge is 0.462 e. The summed E-state index contributed by atoms with van der Waals surface area (Å²) in [5, 5.41) is 2.67. The zero-order chi connectivity index (χ0) is 29.0. The minimum absolute atomic E-state index is 0.0864. The van der Waals surface area contributed by atoms with E-state index in [4.69, 9.17) is 30.7 Å². The highest BCUT2D eigenvalue weighted by Gasteiger charge is 2.40. The smallest absolute Gasteiger partial charge is 0.459 e. The number of rotatable bonds is 11. The molecule has 1 aliphatic heterocycles. The topological polar surface area (TPSA) is 156 Å². The first-order chi connectivity index (χ1) is 19.0. The van der Waals surface area contributed by atoms with Crippen LogP contribution in [0, 0.1) is 18.3 Å². The van der Waals surface area contributed by atoms with E-state index in [9.17, 15) is 9.36 Å². The van der Waals surface area contributed by atoms with Crippen molar-refractivity contribution in [2.24, 2.45) is 5.92 Å². The summed E-state index contributed by atoms with van der Waals surface area (Å²) in [4.78, 5) is 27.3. The molecule has 1 aromatic carbocycles. The number of esters is 1. The Bertz CT molecular complexity index is 1420. The van der Waals surface area contributed by atoms with Crippen LogP contribution in [0.5, 0.6) is 5.75 Å². The third kappa shape index (κ3) is 6.71. The molecule has 0 bridgehead atoms. The van der Waals surface area contributed by atoms with Gasteiger partial charge >= 0.3 is 13.7 Å². The molecule has 40 heavy (non-hydrogen) atoms. The predicted molar refractivity (Wildman–Crippen MR) is 149 cm³/mol. The van der Waals surface area contributed by atoms with Crippen molar-refractivity contribution in [3.8, 4) is 18.1 Å². The first kappa shape index (κ1) is 29.3. The highest BCUT2D eigenvalue weighted by Crippen LogP contribution is 2.46. The van der Waals surface area contributed by atoms with Crippen LogP contribution in [0.25, 0.3) is 11.2 Å². The van der Waals surface area contributed by atoms with E-state index in [1.165, 1.54) is 6.92 Å². The number of benzene rings is 1. The van der Waals surface area contributed by atoms with Crippen molar-refractivity contribution in [3.63, 3.8) is 0 Å². The van der Waals surface area contributed by atoms with Gasteiger partial charge in [-0.25, -0.2) is 9.55 Å². The van der Waals surface area contributed by atoms with Gasteiger partial charge in [0.2, 0.25) is 5.95 Å². The van der Waals surface area contributed by atoms with Crippen molar-refractivity contribution in [1.82, 2.24) is 24.6 Å². The van der Waals surface area contributed by atoms with Crippen LogP contribution in [0.3, 0.4) is 0 Å². The molecule has 0 radical (unpaired) electrons. The second-order valence-corrected chi connectivity index (χ2v) is 11.5. The molecule has 0 amide bonds. The van der Waals surface area contributed by atoms with Gasteiger partial charge in [-0.2, -0.15) is 15.1 Å². The zero-order valence-corrected chi connectivity index (χ0v) is 23.9. The lowest BCUT2D eigenvalue weighted by atomic mass is 10.0. The van der Waals surface area contributed by atoms with Gasteiger partial charge in [-0.15, -0.1) is 6.42 Å². The molecule has 14 heteroatoms. The molecule has 3 N–H and O–H groups in total. The first-order valence-electron chi connectivity index (χ1n) is 12.8. The summed E-state index contributed by atoms with van der Waals surface area (Å²) in [6.07, 6.45) is 6.31. The fourth-order valence-electron chi connectivity index (χ4n) is 4.20. The molecule has 0 unspecified atom stereocenters. The van der Waals surface area contributed by atoms with E-state index >= 15 is 0 Å². The Labute approximate surface area is 233 Å². The van der Waals surface area contributed by atoms with E-state index in [0.29, 0.717) is 29.2 Å². The monoisotopic (exact) mass is 571 g/mol. The number of nitrogens with one attached hydrogen (secondary N) is 1. The Kier molecular flexibility index (Phi) is 8.95. The fourth-order valence-corrected chi connectivity index (χ4v) is 5.72. The molecule has 1 fully saturated rings. The number of hydrogen-bond donors (Lipinski definition) is 2. The van der Waals surface area contributed by atoms with E-state index in [1.54, 1.807) is 60.0 Å². The second kappa shape index (κ2) is 12.2. The summed E-state index contributed by atoms with van der Waals surface area (Å²) in [6.45, 7) is 4.83. The molecule has 3 heterocycles. The molecule has 1 aliphatic rings. The van der Waals surface area contributed by atoms with Crippen molar-refractivity contribution >= 4 is 36.6 Å². The lowest BCUT2D eigenvalue weighted by molar-refractivity contribution is -0.149. The maximum Gasteiger partial charge on any atom is 0.459 e. The molecular weight excluding hydrogens is 537 g/mol. The quantitative estimate of drug-likeness (QED) is 0.197. The van der Waals surface area contributed by atoms with Gasteiger partial charge in [0.05, 0.1) is 31.1 Å². The van der Waals surface area contributed by atoms with Gasteiger partial charge in [-0.3, -0.25) is 13.9 Å². The number of fused-ring (bicyclic) bond motifs is 1. The third-order valence-corrected chi connectivity index (χ3v) is 7.63. The first-order valence-corrected chi connectivity index (χ1v) is 14.3. The minimum Gasteiger partial charge on any atom is -0.462 e. The standard InChI is InChI=1S/C26H34N7O6P/c1-7-18-13-20(38-24(18)33-15-28-21-22(32(5)6)29-26(27)30-23(21)33)14-36-40(35,39-19-11-9-8-10-12-19)31-17(4)25(34)37-16(2)3/h1,8-12,15-18,20,24H,13-14H2,2-6H3,(H,31,35)(H2,27,29,30)/t17-,18-,20-,24+,40-/m0/s1. The van der Waals surface area contributed by atoms with Crippen LogP contribution in [-0.2, 0) is 23.4 Å². The Morgan fingerprint density at radius 1 is 1.30 bits per heavy atom. The second-order valence-electron chi connectivity index (χ2n) is 9.82. The third-order valence-electron chi connectivity index (χ3n) is 5.98. The molecule has 2 aromatic heterocycles. The fraction of sp³-hybridized carbons (Fsp3) is 0.462. The van der Waals surface area contributed by atoms with Crippen molar-refractivity contribution in [1.29, 1.82) is 0 Å². The number of aromatic nitrogens is 4. The summed E-state index contributed by atoms with van der Waals surface area (Å²) in [5.41, 5.74) is 6.97. The molecule has 3 aromatic rings. The van der Waals surface area contributed by atoms with Gasteiger partial charge in [-0.05, 0) is 39.3 Å². The van der Waals surface area contributed by atoms with Crippen molar-refractivity contribution in [3.05, 3.63) is 36.7 Å². The molecule has 0 spiro atoms. The van der Waals surface area contributed by atoms with Crippen LogP contribution < -0.4 is 20.2 Å². The van der Waals surface area contributed by atoms with Gasteiger partial charge in [-0.1, -0.05) is 24.1 Å². The number of hydrogen-bond acceptors (Lipinski definition) is 11. The maximum absolute atomic E-state index is 13.8. The highest BCUT2D eigenvalue weighted by molar-refractivity contribution is 7.52. The van der Waals surface area contributed by atoms with Gasteiger partial charge < -0.3 is 24.6 Å². The number of para-hydroxylation sites is 1. The Balaban J connectivity index is 1.53. The molecule has 214 valence electrons. The van der Waals surface area contributed by atoms with E-state index in [2.05, 4.69) is 26.0 Å². The number of terminal acetylenes is 1. The molecule has 0 saturated carbocycles. The number of nitrogens with zero attached hydrogens (tertiary/aromatic N) is 5. The molecule has 0 aliphatic carbocycles. The molecular formula is C26H34N7O6P. The van der Waals surface area contributed by atoms with Crippen LogP contribution >= 0.6 is 7.75 Å². The van der Waals surface area contributed by atoms with Crippen molar-refractivity contribution < 1.29 is 27.9 Å². The van der Waals surface area contributed by atoms with Crippen LogP contribution in [-0.4, -0.2) is 64.4 Å². The van der Waals surface area contributed by atoms with Gasteiger partial charge in [0.25, 0.3) is 0 Å².